The summed E-state index contributed by atoms with van der Waals surface area (Å²) in [6, 6.07) is 16.7. The van der Waals surface area contributed by atoms with Gasteiger partial charge in [-0.25, -0.2) is 8.42 Å². The Hall–Kier alpha value is -2.78. The number of rotatable bonds is 12. The molecule has 11 heteroatoms. The van der Waals surface area contributed by atoms with Crippen molar-refractivity contribution in [2.75, 3.05) is 17.4 Å². The van der Waals surface area contributed by atoms with E-state index in [-0.39, 0.29) is 39.0 Å². The van der Waals surface area contributed by atoms with Gasteiger partial charge in [0.15, 0.2) is 0 Å². The van der Waals surface area contributed by atoms with Gasteiger partial charge in [-0.3, -0.25) is 13.9 Å². The number of hydrogen-bond donors (Lipinski definition) is 1. The predicted molar refractivity (Wildman–Crippen MR) is 166 cm³/mol. The van der Waals surface area contributed by atoms with Gasteiger partial charge in [-0.15, -0.1) is 0 Å². The van der Waals surface area contributed by atoms with Crippen LogP contribution in [0.5, 0.6) is 0 Å². The molecule has 1 N–H and O–H groups in total. The summed E-state index contributed by atoms with van der Waals surface area (Å²) in [6.07, 6.45) is 0.316. The van der Waals surface area contributed by atoms with Crippen LogP contribution < -0.4 is 9.62 Å². The zero-order valence-corrected chi connectivity index (χ0v) is 26.5. The van der Waals surface area contributed by atoms with Gasteiger partial charge in [-0.1, -0.05) is 85.4 Å². The third-order valence-corrected chi connectivity index (χ3v) is 8.84. The van der Waals surface area contributed by atoms with E-state index in [0.717, 1.165) is 15.4 Å². The predicted octanol–water partition coefficient (Wildman–Crippen LogP) is 6.73. The molecule has 0 unspecified atom stereocenters. The van der Waals surface area contributed by atoms with Crippen molar-refractivity contribution in [3.05, 3.63) is 92.9 Å². The summed E-state index contributed by atoms with van der Waals surface area (Å²) in [5.41, 5.74) is 1.74. The molecular formula is C30H34Cl3N3O4S. The Balaban J connectivity index is 2.07. The normalized spacial score (nSPS) is 12.2. The Labute approximate surface area is 257 Å². The lowest BCUT2D eigenvalue weighted by Gasteiger charge is -2.33. The molecule has 0 aliphatic carbocycles. The molecule has 7 nitrogen and oxygen atoms in total. The summed E-state index contributed by atoms with van der Waals surface area (Å²) in [4.78, 5) is 28.8. The van der Waals surface area contributed by atoms with Gasteiger partial charge in [-0.05, 0) is 67.3 Å². The molecule has 0 fully saturated rings. The second-order valence-corrected chi connectivity index (χ2v) is 13.3. The highest BCUT2D eigenvalue weighted by molar-refractivity contribution is 7.92. The maximum atomic E-state index is 14.1. The molecular weight excluding hydrogens is 605 g/mol. The van der Waals surface area contributed by atoms with E-state index in [1.807, 2.05) is 20.8 Å². The lowest BCUT2D eigenvalue weighted by atomic mass is 10.1. The number of nitrogens with zero attached hydrogens (tertiary/aromatic N) is 2. The van der Waals surface area contributed by atoms with Crippen molar-refractivity contribution in [2.45, 2.75) is 51.6 Å². The molecule has 3 aromatic rings. The van der Waals surface area contributed by atoms with E-state index in [9.17, 15) is 18.0 Å². The Morgan fingerprint density at radius 3 is 2.00 bits per heavy atom. The van der Waals surface area contributed by atoms with Gasteiger partial charge < -0.3 is 10.2 Å². The van der Waals surface area contributed by atoms with Crippen LogP contribution in [0.15, 0.2) is 71.6 Å². The van der Waals surface area contributed by atoms with Crippen molar-refractivity contribution in [1.29, 1.82) is 0 Å². The van der Waals surface area contributed by atoms with Gasteiger partial charge >= 0.3 is 0 Å². The lowest BCUT2D eigenvalue weighted by Crippen LogP contribution is -2.52. The number of hydrogen-bond acceptors (Lipinski definition) is 4. The SMILES string of the molecule is CC[C@@H](C(=O)NCC(C)C)N(Cc1ccc(Cl)cc1)C(=O)CN(c1cc(Cl)cc(Cl)c1)S(=O)(=O)c1ccc(C)cc1. The molecule has 1 atom stereocenters. The van der Waals surface area contributed by atoms with Crippen LogP contribution in [-0.2, 0) is 26.2 Å². The van der Waals surface area contributed by atoms with Gasteiger partial charge in [0.2, 0.25) is 11.8 Å². The van der Waals surface area contributed by atoms with Crippen molar-refractivity contribution in [3.8, 4) is 0 Å². The van der Waals surface area contributed by atoms with Crippen molar-refractivity contribution >= 4 is 62.3 Å². The van der Waals surface area contributed by atoms with E-state index in [1.54, 1.807) is 43.3 Å². The number of anilines is 1. The molecule has 3 aromatic carbocycles. The highest BCUT2D eigenvalue weighted by atomic mass is 35.5. The number of sulfonamides is 1. The molecule has 2 amide bonds. The fourth-order valence-electron chi connectivity index (χ4n) is 4.18. The molecule has 0 saturated carbocycles. The Kier molecular flexibility index (Phi) is 11.5. The van der Waals surface area contributed by atoms with Crippen LogP contribution >= 0.6 is 34.8 Å². The van der Waals surface area contributed by atoms with Crippen molar-refractivity contribution in [1.82, 2.24) is 10.2 Å². The summed E-state index contributed by atoms with van der Waals surface area (Å²) >= 11 is 18.5. The third kappa shape index (κ3) is 8.85. The summed E-state index contributed by atoms with van der Waals surface area (Å²) in [6.45, 7) is 7.52. The zero-order valence-electron chi connectivity index (χ0n) is 23.4. The first kappa shape index (κ1) is 32.7. The van der Waals surface area contributed by atoms with Gasteiger partial charge in [0.05, 0.1) is 10.6 Å². The maximum absolute atomic E-state index is 14.1. The van der Waals surface area contributed by atoms with Crippen molar-refractivity contribution in [3.63, 3.8) is 0 Å². The lowest BCUT2D eigenvalue weighted by molar-refractivity contribution is -0.140. The number of carbonyl (C=O) groups is 2. The molecule has 0 heterocycles. The number of nitrogens with one attached hydrogen (secondary N) is 1. The quantitative estimate of drug-likeness (QED) is 0.238. The van der Waals surface area contributed by atoms with E-state index in [1.165, 1.54) is 35.2 Å². The average Bonchev–Trinajstić information content (AvgIpc) is 2.91. The molecule has 0 spiro atoms. The van der Waals surface area contributed by atoms with Crippen LogP contribution in [0, 0.1) is 12.8 Å². The van der Waals surface area contributed by atoms with Crippen molar-refractivity contribution < 1.29 is 18.0 Å². The smallest absolute Gasteiger partial charge is 0.264 e. The second kappa shape index (κ2) is 14.4. The molecule has 0 aromatic heterocycles. The molecule has 0 aliphatic heterocycles. The Morgan fingerprint density at radius 2 is 1.46 bits per heavy atom. The fourth-order valence-corrected chi connectivity index (χ4v) is 6.22. The number of benzene rings is 3. The molecule has 3 rings (SSSR count). The standard InChI is InChI=1S/C30H34Cl3N3O4S/c1-5-28(30(38)34-17-20(2)3)35(18-22-8-10-23(31)11-9-22)29(37)19-36(26-15-24(32)14-25(33)16-26)41(39,40)27-12-6-21(4)7-13-27/h6-16,20,28H,5,17-19H2,1-4H3,(H,34,38)/t28-/m0/s1. The minimum atomic E-state index is -4.24. The largest absolute Gasteiger partial charge is 0.354 e. The first-order valence-corrected chi connectivity index (χ1v) is 15.8. The van der Waals surface area contributed by atoms with E-state index in [4.69, 9.17) is 34.8 Å². The summed E-state index contributed by atoms with van der Waals surface area (Å²) in [5.74, 6) is -0.680. The van der Waals surface area contributed by atoms with Crippen LogP contribution in [0.2, 0.25) is 15.1 Å². The van der Waals surface area contributed by atoms with Crippen LogP contribution in [-0.4, -0.2) is 44.3 Å². The second-order valence-electron chi connectivity index (χ2n) is 10.2. The Bertz CT molecular complexity index is 1440. The first-order chi connectivity index (χ1) is 19.3. The molecule has 220 valence electrons. The van der Waals surface area contributed by atoms with Gasteiger partial charge in [0, 0.05) is 28.2 Å². The highest BCUT2D eigenvalue weighted by Crippen LogP contribution is 2.30. The van der Waals surface area contributed by atoms with E-state index >= 15 is 0 Å². The van der Waals surface area contributed by atoms with Crippen LogP contribution in [0.3, 0.4) is 0 Å². The average molecular weight is 639 g/mol. The minimum Gasteiger partial charge on any atom is -0.354 e. The molecule has 0 saturated heterocycles. The molecule has 0 bridgehead atoms. The van der Waals surface area contributed by atoms with Gasteiger partial charge in [0.1, 0.15) is 12.6 Å². The number of carbonyl (C=O) groups excluding carboxylic acids is 2. The van der Waals surface area contributed by atoms with Crippen molar-refractivity contribution in [2.24, 2.45) is 5.92 Å². The zero-order chi connectivity index (χ0) is 30.3. The summed E-state index contributed by atoms with van der Waals surface area (Å²) in [5, 5.41) is 3.85. The topological polar surface area (TPSA) is 86.8 Å². The van der Waals surface area contributed by atoms with E-state index in [0.29, 0.717) is 18.0 Å². The maximum Gasteiger partial charge on any atom is 0.264 e. The first-order valence-electron chi connectivity index (χ1n) is 13.2. The minimum absolute atomic E-state index is 0.00188. The summed E-state index contributed by atoms with van der Waals surface area (Å²) < 4.78 is 28.9. The third-order valence-electron chi connectivity index (χ3n) is 6.36. The van der Waals surface area contributed by atoms with Gasteiger partial charge in [0.25, 0.3) is 10.0 Å². The highest BCUT2D eigenvalue weighted by Gasteiger charge is 2.34. The number of aryl methyl sites for hydroxylation is 1. The Morgan fingerprint density at radius 1 is 0.878 bits per heavy atom. The van der Waals surface area contributed by atoms with Crippen LogP contribution in [0.25, 0.3) is 0 Å². The molecule has 41 heavy (non-hydrogen) atoms. The monoisotopic (exact) mass is 637 g/mol. The molecule has 0 aliphatic rings. The number of halogens is 3. The number of amides is 2. The van der Waals surface area contributed by atoms with Crippen LogP contribution in [0.4, 0.5) is 5.69 Å². The van der Waals surface area contributed by atoms with E-state index in [2.05, 4.69) is 5.32 Å². The fraction of sp³-hybridized carbons (Fsp3) is 0.333. The summed E-state index contributed by atoms with van der Waals surface area (Å²) in [7, 11) is -4.24. The molecule has 0 radical (unpaired) electrons. The van der Waals surface area contributed by atoms with Crippen LogP contribution in [0.1, 0.15) is 38.3 Å². The van der Waals surface area contributed by atoms with E-state index < -0.39 is 28.5 Å². The van der Waals surface area contributed by atoms with Gasteiger partial charge in [-0.2, -0.15) is 0 Å².